The van der Waals surface area contributed by atoms with Crippen LogP contribution in [0.2, 0.25) is 0 Å². The number of nitrogens with zero attached hydrogens (tertiary/aromatic N) is 2. The van der Waals surface area contributed by atoms with Gasteiger partial charge in [0.25, 0.3) is 15.9 Å². The van der Waals surface area contributed by atoms with Crippen molar-refractivity contribution in [1.29, 1.82) is 0 Å². The van der Waals surface area contributed by atoms with Crippen LogP contribution in [-0.2, 0) is 37.9 Å². The van der Waals surface area contributed by atoms with Gasteiger partial charge in [0.1, 0.15) is 27.0 Å². The molecule has 14 heteroatoms. The Kier molecular flexibility index (Phi) is 4.94. The number of amidine groups is 1. The van der Waals surface area contributed by atoms with Gasteiger partial charge in [-0.15, -0.1) is 15.7 Å². The summed E-state index contributed by atoms with van der Waals surface area (Å²) in [6.07, 6.45) is 2.09. The van der Waals surface area contributed by atoms with Gasteiger partial charge in [-0.3, -0.25) is 4.79 Å². The van der Waals surface area contributed by atoms with E-state index in [1.54, 1.807) is 17.0 Å². The van der Waals surface area contributed by atoms with Gasteiger partial charge in [0.2, 0.25) is 10.0 Å². The molecule has 0 radical (unpaired) electrons. The Morgan fingerprint density at radius 1 is 1.18 bits per heavy atom. The zero-order valence-corrected chi connectivity index (χ0v) is 23.6. The Morgan fingerprint density at radius 3 is 2.58 bits per heavy atom. The molecule has 6 bridgehead atoms. The lowest BCUT2D eigenvalue weighted by Gasteiger charge is -2.44. The number of aliphatic hydroxyl groups excluding tert-OH is 1. The van der Waals surface area contributed by atoms with Crippen LogP contribution < -0.4 is 10.0 Å². The molecule has 5 saturated carbocycles. The van der Waals surface area contributed by atoms with Crippen molar-refractivity contribution in [2.45, 2.75) is 30.4 Å². The van der Waals surface area contributed by atoms with Crippen LogP contribution in [0.25, 0.3) is 0 Å². The lowest BCUT2D eigenvalue weighted by molar-refractivity contribution is -0.134. The van der Waals surface area contributed by atoms with Crippen molar-refractivity contribution in [3.8, 4) is 0 Å². The lowest BCUT2D eigenvalue weighted by atomic mass is 9.77. The van der Waals surface area contributed by atoms with Crippen LogP contribution in [0.4, 0.5) is 9.39 Å². The van der Waals surface area contributed by atoms with Crippen LogP contribution in [0.1, 0.15) is 17.5 Å². The highest BCUT2D eigenvalue weighted by atomic mass is 32.2. The number of aliphatic hydroxyl groups is 1. The van der Waals surface area contributed by atoms with Crippen molar-refractivity contribution in [1.82, 2.24) is 9.62 Å². The first-order chi connectivity index (χ1) is 18.9. The van der Waals surface area contributed by atoms with Gasteiger partial charge in [0.05, 0.1) is 6.26 Å². The van der Waals surface area contributed by atoms with Gasteiger partial charge >= 0.3 is 0 Å². The van der Waals surface area contributed by atoms with Gasteiger partial charge in [-0.1, -0.05) is 12.1 Å². The summed E-state index contributed by atoms with van der Waals surface area (Å²) in [6, 6.07) is 5.76. The Labute approximate surface area is 234 Å². The third-order valence-electron chi connectivity index (χ3n) is 9.84. The molecule has 40 heavy (non-hydrogen) atoms. The van der Waals surface area contributed by atoms with Gasteiger partial charge in [-0.2, -0.15) is 8.42 Å². The van der Waals surface area contributed by atoms with E-state index in [0.29, 0.717) is 29.6 Å². The number of hydrogen-bond acceptors (Lipinski definition) is 8. The molecule has 3 N–H and O–H groups in total. The molecule has 3 heterocycles. The summed E-state index contributed by atoms with van der Waals surface area (Å²) < 4.78 is 69.7. The molecule has 5 aliphatic carbocycles. The summed E-state index contributed by atoms with van der Waals surface area (Å²) in [6.45, 7) is -0.0205. The maximum absolute atomic E-state index is 14.2. The van der Waals surface area contributed by atoms with E-state index >= 15 is 0 Å². The van der Waals surface area contributed by atoms with E-state index in [2.05, 4.69) is 14.4 Å². The number of nitrogens with one attached hydrogen (secondary N) is 2. The molecule has 5 fully saturated rings. The Hall–Kier alpha value is -2.81. The fourth-order valence-corrected chi connectivity index (χ4v) is 11.7. The first-order valence-corrected chi connectivity index (χ1v) is 17.3. The van der Waals surface area contributed by atoms with Crippen molar-refractivity contribution >= 4 is 48.1 Å². The topological polar surface area (TPSA) is 145 Å². The summed E-state index contributed by atoms with van der Waals surface area (Å²) in [7, 11) is -7.88. The quantitative estimate of drug-likeness (QED) is 0.459. The van der Waals surface area contributed by atoms with E-state index in [4.69, 9.17) is 0 Å². The Morgan fingerprint density at radius 2 is 1.88 bits per heavy atom. The number of amides is 1. The molecule has 8 atom stereocenters. The monoisotopic (exact) mass is 604 g/mol. The molecular formula is C26H25FN4O6S3. The predicted octanol–water partition coefficient (Wildman–Crippen LogP) is 2.43. The minimum absolute atomic E-state index is 0.103. The van der Waals surface area contributed by atoms with Crippen LogP contribution in [0.3, 0.4) is 0 Å². The van der Waals surface area contributed by atoms with E-state index < -0.39 is 26.0 Å². The second kappa shape index (κ2) is 7.93. The number of halogens is 1. The molecule has 1 aromatic carbocycles. The molecule has 0 saturated heterocycles. The maximum atomic E-state index is 14.2. The molecular weight excluding hydrogens is 580 g/mol. The molecule has 210 valence electrons. The van der Waals surface area contributed by atoms with E-state index in [0.717, 1.165) is 29.6 Å². The SMILES string of the molecule is CS(=O)(=O)NCc1csc2c1S(=O)(=O)N=C(C1=C(O)[C@@H]3C4C5CC6C4C6C5[C@@H]3N(Cc3ccc(F)cc3)C1=O)N2. The zero-order valence-electron chi connectivity index (χ0n) is 21.1. The van der Waals surface area contributed by atoms with Gasteiger partial charge < -0.3 is 15.3 Å². The molecule has 9 rings (SSSR count). The summed E-state index contributed by atoms with van der Waals surface area (Å²) in [5, 5.41) is 16.4. The van der Waals surface area contributed by atoms with Crippen LogP contribution in [0.5, 0.6) is 0 Å². The normalized spacial score (nSPS) is 35.9. The van der Waals surface area contributed by atoms with E-state index in [9.17, 15) is 31.1 Å². The fourth-order valence-electron chi connectivity index (χ4n) is 8.71. The standard InChI is InChI=1S/C26H25FN4O6S3/c1-39(34,35)28-7-11-9-38-25-23(11)40(36,37)30-24(29-25)20-22(32)19-17-14-6-13-15(17)16(13)18(14)21(19)31(26(20)33)8-10-2-4-12(27)5-3-10/h2-5,9,13-19,21,28,32H,6-8H2,1H3,(H,29,30)/t13?,14?,15?,16?,17?,18?,19-,21+/m1/s1. The van der Waals surface area contributed by atoms with Crippen molar-refractivity contribution in [2.75, 3.05) is 11.6 Å². The predicted molar refractivity (Wildman–Crippen MR) is 144 cm³/mol. The summed E-state index contributed by atoms with van der Waals surface area (Å²) in [5.41, 5.74) is 0.828. The van der Waals surface area contributed by atoms with Gasteiger partial charge in [0, 0.05) is 30.6 Å². The minimum atomic E-state index is -4.32. The number of fused-ring (bicyclic) bond motifs is 2. The maximum Gasteiger partial charge on any atom is 0.287 e. The molecule has 0 spiro atoms. The third kappa shape index (κ3) is 3.33. The second-order valence-corrected chi connectivity index (χ2v) is 16.0. The molecule has 7 aliphatic rings. The van der Waals surface area contributed by atoms with Gasteiger partial charge in [-0.05, 0) is 65.0 Å². The number of thiophene rings is 1. The summed E-state index contributed by atoms with van der Waals surface area (Å²) in [5.74, 6) is 1.21. The summed E-state index contributed by atoms with van der Waals surface area (Å²) >= 11 is 1.05. The lowest BCUT2D eigenvalue weighted by Crippen LogP contribution is -2.54. The van der Waals surface area contributed by atoms with Crippen molar-refractivity contribution in [3.05, 3.63) is 57.9 Å². The third-order valence-corrected chi connectivity index (χ3v) is 13.0. The number of benzene rings is 1. The van der Waals surface area contributed by atoms with Crippen LogP contribution >= 0.6 is 11.3 Å². The van der Waals surface area contributed by atoms with Crippen molar-refractivity contribution in [3.63, 3.8) is 0 Å². The number of hydrogen-bond donors (Lipinski definition) is 3. The highest BCUT2D eigenvalue weighted by molar-refractivity contribution is 7.91. The molecule has 2 aromatic rings. The highest BCUT2D eigenvalue weighted by Crippen LogP contribution is 2.83. The Balaban J connectivity index is 1.20. The number of sulfonamides is 2. The highest BCUT2D eigenvalue weighted by Gasteiger charge is 2.82. The van der Waals surface area contributed by atoms with Crippen molar-refractivity contribution in [2.24, 2.45) is 45.8 Å². The van der Waals surface area contributed by atoms with Crippen molar-refractivity contribution < 1.29 is 31.1 Å². The molecule has 10 nitrogen and oxygen atoms in total. The number of anilines is 1. The van der Waals surface area contributed by atoms with E-state index in [1.807, 2.05) is 0 Å². The fraction of sp³-hybridized carbons (Fsp3) is 0.462. The average Bonchev–Trinajstić information content (AvgIpc) is 3.37. The van der Waals surface area contributed by atoms with E-state index in [-0.39, 0.29) is 69.4 Å². The van der Waals surface area contributed by atoms with Crippen LogP contribution in [0, 0.1) is 47.2 Å². The number of carbonyl (C=O) groups excluding carboxylic acids is 1. The Bertz CT molecular complexity index is 1780. The van der Waals surface area contributed by atoms with E-state index in [1.165, 1.54) is 17.5 Å². The zero-order chi connectivity index (χ0) is 27.9. The van der Waals surface area contributed by atoms with Gasteiger partial charge in [0.15, 0.2) is 5.84 Å². The smallest absolute Gasteiger partial charge is 0.287 e. The van der Waals surface area contributed by atoms with Crippen LogP contribution in [-0.4, -0.2) is 50.9 Å². The second-order valence-electron chi connectivity index (χ2n) is 11.8. The summed E-state index contributed by atoms with van der Waals surface area (Å²) in [4.78, 5) is 15.7. The van der Waals surface area contributed by atoms with Crippen LogP contribution in [0.15, 0.2) is 50.3 Å². The first-order valence-electron chi connectivity index (χ1n) is 13.1. The first kappa shape index (κ1) is 24.9. The minimum Gasteiger partial charge on any atom is -0.511 e. The molecule has 1 aromatic heterocycles. The largest absolute Gasteiger partial charge is 0.511 e. The average molecular weight is 605 g/mol. The molecule has 6 unspecified atom stereocenters. The number of rotatable bonds is 6. The molecule has 1 amide bonds. The van der Waals surface area contributed by atoms with Gasteiger partial charge in [-0.25, -0.2) is 17.5 Å². The number of carbonyl (C=O) groups is 1. The molecule has 2 aliphatic heterocycles.